The zero-order valence-corrected chi connectivity index (χ0v) is 17.9. The van der Waals surface area contributed by atoms with Gasteiger partial charge in [0.15, 0.2) is 0 Å². The van der Waals surface area contributed by atoms with Crippen LogP contribution in [-0.2, 0) is 18.2 Å². The molecule has 0 saturated carbocycles. The summed E-state index contributed by atoms with van der Waals surface area (Å²) >= 11 is 0. The van der Waals surface area contributed by atoms with E-state index in [2.05, 4.69) is 11.5 Å². The molecule has 0 amide bonds. The quantitative estimate of drug-likeness (QED) is 0.189. The minimum atomic E-state index is -4.05. The maximum absolute atomic E-state index is 12.5. The second-order valence-electron chi connectivity index (χ2n) is 6.95. The molecule has 0 aromatic heterocycles. The van der Waals surface area contributed by atoms with Crippen molar-refractivity contribution < 1.29 is 28.5 Å². The van der Waals surface area contributed by atoms with Gasteiger partial charge in [0.25, 0.3) is 0 Å². The van der Waals surface area contributed by atoms with E-state index in [1.54, 1.807) is 6.92 Å². The molecular formula is C18H40NO6P. The number of hydrogen-bond acceptors (Lipinski definition) is 7. The Balaban J connectivity index is 4.59. The summed E-state index contributed by atoms with van der Waals surface area (Å²) in [7, 11) is -4.05. The number of rotatable bonds is 17. The Hall–Kier alpha value is -0.0100. The van der Waals surface area contributed by atoms with Gasteiger partial charge in [0.2, 0.25) is 0 Å². The molecule has 4 N–H and O–H groups in total. The molecule has 0 aromatic carbocycles. The minimum absolute atomic E-state index is 0.0716. The first kappa shape index (κ1) is 26.0. The molecule has 3 unspecified atom stereocenters. The Bertz CT molecular complexity index is 384. The molecule has 8 heteroatoms. The smallest absolute Gasteiger partial charge is 0.390 e. The summed E-state index contributed by atoms with van der Waals surface area (Å²) in [5.74, 6) is 5.07. The highest BCUT2D eigenvalue weighted by Gasteiger charge is 2.48. The fourth-order valence-corrected chi connectivity index (χ4v) is 4.41. The van der Waals surface area contributed by atoms with Gasteiger partial charge in [0.05, 0.1) is 18.8 Å². The highest BCUT2D eigenvalue weighted by Crippen LogP contribution is 2.53. The van der Waals surface area contributed by atoms with Crippen LogP contribution in [0.15, 0.2) is 0 Å². The van der Waals surface area contributed by atoms with Crippen molar-refractivity contribution in [2.45, 2.75) is 110 Å². The second kappa shape index (κ2) is 14.1. The lowest BCUT2D eigenvalue weighted by Crippen LogP contribution is -2.51. The van der Waals surface area contributed by atoms with Gasteiger partial charge in [-0.25, -0.2) is 15.1 Å². The molecule has 0 saturated heterocycles. The van der Waals surface area contributed by atoms with Gasteiger partial charge in [-0.1, -0.05) is 64.7 Å². The first-order chi connectivity index (χ1) is 12.3. The Morgan fingerprint density at radius 3 is 1.77 bits per heavy atom. The molecule has 0 heterocycles. The second-order valence-corrected chi connectivity index (χ2v) is 8.49. The normalized spacial score (nSPS) is 18.9. The van der Waals surface area contributed by atoms with Crippen molar-refractivity contribution in [3.05, 3.63) is 0 Å². The molecule has 0 bridgehead atoms. The standard InChI is InChI=1S/C18H40NO6P/c1-5-7-8-9-10-11-12-13-14-15-18(16(3)20,17(4)21)24-26(22,25-19)23-6-2/h16-17,20-21H,5-15,19H2,1-4H3. The van der Waals surface area contributed by atoms with Crippen molar-refractivity contribution >= 4 is 7.82 Å². The number of hydrogen-bond donors (Lipinski definition) is 3. The highest BCUT2D eigenvalue weighted by atomic mass is 31.2. The van der Waals surface area contributed by atoms with Gasteiger partial charge in [0.1, 0.15) is 5.60 Å². The summed E-state index contributed by atoms with van der Waals surface area (Å²) in [6, 6.07) is 0. The number of phosphoric acid groups is 1. The van der Waals surface area contributed by atoms with E-state index in [4.69, 9.17) is 14.9 Å². The average Bonchev–Trinajstić information content (AvgIpc) is 2.59. The molecule has 0 aliphatic heterocycles. The molecule has 0 spiro atoms. The first-order valence-corrected chi connectivity index (χ1v) is 11.4. The van der Waals surface area contributed by atoms with Crippen LogP contribution in [-0.4, -0.2) is 34.6 Å². The number of phosphoric ester groups is 1. The Morgan fingerprint density at radius 1 is 0.923 bits per heavy atom. The zero-order chi connectivity index (χ0) is 20.1. The Kier molecular flexibility index (Phi) is 14.0. The monoisotopic (exact) mass is 397 g/mol. The van der Waals surface area contributed by atoms with Crippen LogP contribution in [0.4, 0.5) is 0 Å². The summed E-state index contributed by atoms with van der Waals surface area (Å²) in [4.78, 5) is 0. The largest absolute Gasteiger partial charge is 0.491 e. The van der Waals surface area contributed by atoms with E-state index in [-0.39, 0.29) is 6.61 Å². The first-order valence-electron chi connectivity index (χ1n) is 9.98. The van der Waals surface area contributed by atoms with Gasteiger partial charge in [-0.15, -0.1) is 0 Å². The van der Waals surface area contributed by atoms with Crippen LogP contribution in [0.25, 0.3) is 0 Å². The fourth-order valence-electron chi connectivity index (χ4n) is 3.12. The van der Waals surface area contributed by atoms with E-state index < -0.39 is 25.6 Å². The van der Waals surface area contributed by atoms with Gasteiger partial charge in [-0.2, -0.15) is 0 Å². The summed E-state index contributed by atoms with van der Waals surface area (Å²) in [6.07, 6.45) is 8.46. The van der Waals surface area contributed by atoms with Crippen LogP contribution in [0.2, 0.25) is 0 Å². The van der Waals surface area contributed by atoms with E-state index >= 15 is 0 Å². The fraction of sp³-hybridized carbons (Fsp3) is 1.00. The summed E-state index contributed by atoms with van der Waals surface area (Å²) < 4.78 is 27.4. The van der Waals surface area contributed by atoms with Crippen LogP contribution in [0, 0.1) is 0 Å². The van der Waals surface area contributed by atoms with Crippen LogP contribution in [0.1, 0.15) is 91.9 Å². The van der Waals surface area contributed by atoms with Gasteiger partial charge >= 0.3 is 7.82 Å². The van der Waals surface area contributed by atoms with Gasteiger partial charge in [0, 0.05) is 0 Å². The van der Waals surface area contributed by atoms with Crippen molar-refractivity contribution in [1.29, 1.82) is 0 Å². The third kappa shape index (κ3) is 9.27. The molecule has 0 fully saturated rings. The van der Waals surface area contributed by atoms with Crippen LogP contribution in [0.3, 0.4) is 0 Å². The highest BCUT2D eigenvalue weighted by molar-refractivity contribution is 7.48. The van der Waals surface area contributed by atoms with Gasteiger partial charge in [-0.05, 0) is 27.2 Å². The molecule has 0 rings (SSSR count). The van der Waals surface area contributed by atoms with Crippen LogP contribution < -0.4 is 5.90 Å². The van der Waals surface area contributed by atoms with E-state index in [1.807, 2.05) is 0 Å². The maximum Gasteiger partial charge on any atom is 0.491 e. The maximum atomic E-state index is 12.5. The van der Waals surface area contributed by atoms with Crippen molar-refractivity contribution in [3.63, 3.8) is 0 Å². The van der Waals surface area contributed by atoms with Crippen LogP contribution in [0.5, 0.6) is 0 Å². The van der Waals surface area contributed by atoms with E-state index in [9.17, 15) is 14.8 Å². The Morgan fingerprint density at radius 2 is 1.38 bits per heavy atom. The molecule has 7 nitrogen and oxygen atoms in total. The molecule has 0 aliphatic rings. The van der Waals surface area contributed by atoms with Crippen molar-refractivity contribution in [1.82, 2.24) is 0 Å². The molecular weight excluding hydrogens is 357 g/mol. The van der Waals surface area contributed by atoms with Crippen molar-refractivity contribution in [3.8, 4) is 0 Å². The van der Waals surface area contributed by atoms with Gasteiger partial charge in [-0.3, -0.25) is 9.05 Å². The molecule has 0 aromatic rings. The van der Waals surface area contributed by atoms with Crippen LogP contribution >= 0.6 is 7.82 Å². The topological polar surface area (TPSA) is 111 Å². The summed E-state index contributed by atoms with van der Waals surface area (Å²) in [5, 5.41) is 20.5. The molecule has 158 valence electrons. The van der Waals surface area contributed by atoms with E-state index in [0.717, 1.165) is 19.3 Å². The lowest BCUT2D eigenvalue weighted by molar-refractivity contribution is -0.136. The summed E-state index contributed by atoms with van der Waals surface area (Å²) in [5.41, 5.74) is -1.45. The molecule has 3 atom stereocenters. The molecule has 26 heavy (non-hydrogen) atoms. The number of aliphatic hydroxyl groups excluding tert-OH is 2. The van der Waals surface area contributed by atoms with Gasteiger partial charge < -0.3 is 10.2 Å². The van der Waals surface area contributed by atoms with E-state index in [1.165, 1.54) is 52.4 Å². The average molecular weight is 397 g/mol. The van der Waals surface area contributed by atoms with E-state index in [0.29, 0.717) is 6.42 Å². The molecule has 0 aliphatic carbocycles. The van der Waals surface area contributed by atoms with Crippen molar-refractivity contribution in [2.24, 2.45) is 5.90 Å². The predicted octanol–water partition coefficient (Wildman–Crippen LogP) is 4.46. The molecule has 0 radical (unpaired) electrons. The number of aliphatic hydroxyl groups is 2. The third-order valence-electron chi connectivity index (χ3n) is 4.78. The lowest BCUT2D eigenvalue weighted by atomic mass is 9.86. The lowest BCUT2D eigenvalue weighted by Gasteiger charge is -2.40. The number of nitrogens with two attached hydrogens (primary N) is 1. The Labute approximate surface area is 159 Å². The summed E-state index contributed by atoms with van der Waals surface area (Å²) in [6.45, 7) is 6.89. The SMILES string of the molecule is CCCCCCCCCCCC(OP(=O)(ON)OCC)(C(C)O)C(C)O. The number of unbranched alkanes of at least 4 members (excludes halogenated alkanes) is 8. The van der Waals surface area contributed by atoms with Crippen molar-refractivity contribution in [2.75, 3.05) is 6.61 Å². The zero-order valence-electron chi connectivity index (χ0n) is 17.0. The predicted molar refractivity (Wildman–Crippen MR) is 104 cm³/mol. The minimum Gasteiger partial charge on any atom is -0.390 e. The third-order valence-corrected chi connectivity index (χ3v) is 6.18.